The molecule has 4 heteroatoms. The van der Waals surface area contributed by atoms with Gasteiger partial charge in [0, 0.05) is 17.5 Å². The van der Waals surface area contributed by atoms with Crippen LogP contribution >= 0.6 is 23.1 Å². The average Bonchev–Trinajstić information content (AvgIpc) is 3.40. The highest BCUT2D eigenvalue weighted by atomic mass is 32.2. The number of nitrogens with zero attached hydrogens (tertiary/aromatic N) is 2. The number of aryl methyl sites for hydroxylation is 1. The Hall–Kier alpha value is -3.08. The molecule has 0 bridgehead atoms. The lowest BCUT2D eigenvalue weighted by Crippen LogP contribution is -2.33. The Morgan fingerprint density at radius 3 is 2.52 bits per heavy atom. The van der Waals surface area contributed by atoms with Crippen molar-refractivity contribution in [3.8, 4) is 0 Å². The highest BCUT2D eigenvalue weighted by Crippen LogP contribution is 2.45. The zero-order valence-corrected chi connectivity index (χ0v) is 20.6. The third-order valence-corrected chi connectivity index (χ3v) is 8.05. The molecule has 0 radical (unpaired) electrons. The lowest BCUT2D eigenvalue weighted by molar-refractivity contribution is -0.664. The standard InChI is InChI=1S/C29H27N2S2/c1-3-30-24-16-12-13-17-25(24)32-27(30)18-8-6-5-7-9-19-28-31(4-2)29-23-15-11-10-14-22(23)20-21-26(29)33-28/h5-21H,3-4H2,1-2H3/q+1. The molecule has 2 heterocycles. The summed E-state index contributed by atoms with van der Waals surface area (Å²) >= 11 is 3.69. The van der Waals surface area contributed by atoms with Gasteiger partial charge < -0.3 is 4.90 Å². The summed E-state index contributed by atoms with van der Waals surface area (Å²) < 4.78 is 3.75. The fourth-order valence-electron chi connectivity index (χ4n) is 4.28. The Morgan fingerprint density at radius 2 is 1.64 bits per heavy atom. The Bertz CT molecular complexity index is 1420. The number of benzene rings is 3. The molecular weight excluding hydrogens is 440 g/mol. The number of hydrogen-bond acceptors (Lipinski definition) is 3. The third-order valence-electron chi connectivity index (χ3n) is 5.81. The van der Waals surface area contributed by atoms with Gasteiger partial charge >= 0.3 is 0 Å². The topological polar surface area (TPSA) is 7.12 Å². The first-order chi connectivity index (χ1) is 16.3. The molecule has 164 valence electrons. The Balaban J connectivity index is 1.31. The van der Waals surface area contributed by atoms with E-state index in [2.05, 4.69) is 127 Å². The molecule has 4 aromatic rings. The molecule has 0 unspecified atom stereocenters. The minimum Gasteiger partial charge on any atom is -0.335 e. The van der Waals surface area contributed by atoms with E-state index in [-0.39, 0.29) is 0 Å². The average molecular weight is 468 g/mol. The van der Waals surface area contributed by atoms with Gasteiger partial charge in [-0.1, -0.05) is 89.9 Å². The number of aromatic nitrogens is 1. The van der Waals surface area contributed by atoms with Crippen LogP contribution < -0.4 is 9.47 Å². The van der Waals surface area contributed by atoms with Gasteiger partial charge in [0.05, 0.1) is 16.1 Å². The number of para-hydroxylation sites is 1. The monoisotopic (exact) mass is 467 g/mol. The SMILES string of the molecule is CCN1C(=CC=CC=CC=Cc2sc3ccc4ccccc4c3[n+]2CC)Sc2ccccc21. The quantitative estimate of drug-likeness (QED) is 0.210. The zero-order chi connectivity index (χ0) is 22.6. The maximum atomic E-state index is 2.42. The Labute approximate surface area is 203 Å². The zero-order valence-electron chi connectivity index (χ0n) is 18.9. The molecule has 33 heavy (non-hydrogen) atoms. The molecule has 0 saturated carbocycles. The van der Waals surface area contributed by atoms with Crippen LogP contribution in [0.2, 0.25) is 0 Å². The van der Waals surface area contributed by atoms with Crippen molar-refractivity contribution < 1.29 is 4.57 Å². The van der Waals surface area contributed by atoms with E-state index in [1.165, 1.54) is 41.6 Å². The largest absolute Gasteiger partial charge is 0.335 e. The lowest BCUT2D eigenvalue weighted by Gasteiger charge is -2.17. The van der Waals surface area contributed by atoms with Crippen LogP contribution in [0.25, 0.3) is 27.1 Å². The summed E-state index contributed by atoms with van der Waals surface area (Å²) in [4.78, 5) is 3.70. The van der Waals surface area contributed by atoms with E-state index in [1.807, 2.05) is 23.1 Å². The molecule has 1 aliphatic rings. The van der Waals surface area contributed by atoms with E-state index < -0.39 is 0 Å². The number of thioether (sulfide) groups is 1. The molecule has 0 fully saturated rings. The van der Waals surface area contributed by atoms with Crippen molar-refractivity contribution in [2.45, 2.75) is 25.3 Å². The van der Waals surface area contributed by atoms with Crippen LogP contribution in [0.4, 0.5) is 5.69 Å². The van der Waals surface area contributed by atoms with E-state index in [0.29, 0.717) is 0 Å². The van der Waals surface area contributed by atoms with Gasteiger partial charge in [0.2, 0.25) is 5.52 Å². The number of thiazole rings is 1. The molecular formula is C29H27N2S2+. The molecule has 0 spiro atoms. The molecule has 3 aromatic carbocycles. The fourth-order valence-corrected chi connectivity index (χ4v) is 6.58. The first-order valence-corrected chi connectivity index (χ1v) is 13.0. The fraction of sp³-hybridized carbons (Fsp3) is 0.138. The maximum absolute atomic E-state index is 2.42. The van der Waals surface area contributed by atoms with E-state index in [9.17, 15) is 0 Å². The van der Waals surface area contributed by atoms with E-state index in [0.717, 1.165) is 13.1 Å². The van der Waals surface area contributed by atoms with Gasteiger partial charge in [0.15, 0.2) is 0 Å². The summed E-state index contributed by atoms with van der Waals surface area (Å²) in [6.45, 7) is 6.35. The summed E-state index contributed by atoms with van der Waals surface area (Å²) in [5, 5.41) is 5.18. The van der Waals surface area contributed by atoms with E-state index in [1.54, 1.807) is 0 Å². The second-order valence-corrected chi connectivity index (χ2v) is 9.89. The van der Waals surface area contributed by atoms with Gasteiger partial charge in [-0.3, -0.25) is 0 Å². The summed E-state index contributed by atoms with van der Waals surface area (Å²) in [7, 11) is 0. The highest BCUT2D eigenvalue weighted by molar-refractivity contribution is 8.03. The molecule has 0 amide bonds. The molecule has 0 saturated heterocycles. The van der Waals surface area contributed by atoms with Gasteiger partial charge in [0.1, 0.15) is 11.2 Å². The minimum atomic E-state index is 0.957. The summed E-state index contributed by atoms with van der Waals surface area (Å²) in [6.07, 6.45) is 15.0. The van der Waals surface area contributed by atoms with Gasteiger partial charge in [0.25, 0.3) is 5.01 Å². The molecule has 0 aliphatic carbocycles. The highest BCUT2D eigenvalue weighted by Gasteiger charge is 2.22. The molecule has 0 atom stereocenters. The molecule has 5 rings (SSSR count). The Kier molecular flexibility index (Phi) is 6.47. The number of rotatable bonds is 6. The van der Waals surface area contributed by atoms with E-state index in [4.69, 9.17) is 0 Å². The Morgan fingerprint density at radius 1 is 0.848 bits per heavy atom. The van der Waals surface area contributed by atoms with Crippen molar-refractivity contribution in [2.24, 2.45) is 0 Å². The second kappa shape index (κ2) is 9.82. The third kappa shape index (κ3) is 4.29. The van der Waals surface area contributed by atoms with Crippen LogP contribution in [0.5, 0.6) is 0 Å². The molecule has 1 aromatic heterocycles. The predicted octanol–water partition coefficient (Wildman–Crippen LogP) is 7.96. The predicted molar refractivity (Wildman–Crippen MR) is 146 cm³/mol. The first-order valence-electron chi connectivity index (χ1n) is 11.4. The normalized spacial score (nSPS) is 15.3. The summed E-state index contributed by atoms with van der Waals surface area (Å²) in [6, 6.07) is 21.7. The first kappa shape index (κ1) is 21.7. The summed E-state index contributed by atoms with van der Waals surface area (Å²) in [5.41, 5.74) is 2.65. The summed E-state index contributed by atoms with van der Waals surface area (Å²) in [5.74, 6) is 0. The van der Waals surface area contributed by atoms with E-state index >= 15 is 0 Å². The maximum Gasteiger partial charge on any atom is 0.262 e. The molecule has 1 aliphatic heterocycles. The number of hydrogen-bond donors (Lipinski definition) is 0. The van der Waals surface area contributed by atoms with Crippen LogP contribution in [0.1, 0.15) is 18.9 Å². The van der Waals surface area contributed by atoms with Crippen LogP contribution in [0, 0.1) is 0 Å². The smallest absolute Gasteiger partial charge is 0.262 e. The van der Waals surface area contributed by atoms with Gasteiger partial charge in [-0.05, 0) is 49.6 Å². The molecule has 2 nitrogen and oxygen atoms in total. The lowest BCUT2D eigenvalue weighted by atomic mass is 10.1. The number of allylic oxidation sites excluding steroid dienone is 6. The van der Waals surface area contributed by atoms with Crippen molar-refractivity contribution in [3.05, 3.63) is 107 Å². The van der Waals surface area contributed by atoms with Crippen molar-refractivity contribution in [1.82, 2.24) is 0 Å². The van der Waals surface area contributed by atoms with Crippen LogP contribution in [-0.4, -0.2) is 6.54 Å². The number of anilines is 1. The minimum absolute atomic E-state index is 0.957. The van der Waals surface area contributed by atoms with Crippen molar-refractivity contribution >= 4 is 55.9 Å². The van der Waals surface area contributed by atoms with Gasteiger partial charge in [-0.2, -0.15) is 4.57 Å². The van der Waals surface area contributed by atoms with Crippen molar-refractivity contribution in [3.63, 3.8) is 0 Å². The van der Waals surface area contributed by atoms with Crippen LogP contribution in [0.3, 0.4) is 0 Å². The molecule has 0 N–H and O–H groups in total. The second-order valence-electron chi connectivity index (χ2n) is 7.77. The van der Waals surface area contributed by atoms with Gasteiger partial charge in [-0.25, -0.2) is 0 Å². The van der Waals surface area contributed by atoms with Crippen molar-refractivity contribution in [2.75, 3.05) is 11.4 Å². The van der Waals surface area contributed by atoms with Gasteiger partial charge in [-0.15, -0.1) is 0 Å². The number of fused-ring (bicyclic) bond motifs is 4. The van der Waals surface area contributed by atoms with Crippen LogP contribution in [0.15, 0.2) is 107 Å². The van der Waals surface area contributed by atoms with Crippen LogP contribution in [-0.2, 0) is 6.54 Å². The van der Waals surface area contributed by atoms with Crippen molar-refractivity contribution in [1.29, 1.82) is 0 Å².